The van der Waals surface area contributed by atoms with Crippen LogP contribution in [0.1, 0.15) is 65.2 Å². The molecule has 0 amide bonds. The Bertz CT molecular complexity index is 288. The van der Waals surface area contributed by atoms with Crippen LogP contribution < -0.4 is 0 Å². The van der Waals surface area contributed by atoms with Crippen molar-refractivity contribution in [2.75, 3.05) is 6.61 Å². The molecule has 0 aromatic carbocycles. The average Bonchev–Trinajstić information content (AvgIpc) is 2.44. The third kappa shape index (κ3) is 10.5. The molecule has 0 aromatic rings. The Morgan fingerprint density at radius 2 is 1.50 bits per heavy atom. The molecule has 0 aromatic heterocycles. The van der Waals surface area contributed by atoms with Gasteiger partial charge in [-0.25, -0.2) is 0 Å². The minimum absolute atomic E-state index is 0.187. The van der Waals surface area contributed by atoms with Crippen LogP contribution in [-0.4, -0.2) is 30.9 Å². The summed E-state index contributed by atoms with van der Waals surface area (Å²) in [6.45, 7) is 3.90. The highest BCUT2D eigenvalue weighted by atomic mass is 16.6. The summed E-state index contributed by atoms with van der Waals surface area (Å²) in [4.78, 5) is 33.6. The summed E-state index contributed by atoms with van der Waals surface area (Å²) >= 11 is 0. The first kappa shape index (κ1) is 18.6. The van der Waals surface area contributed by atoms with Crippen molar-refractivity contribution in [2.24, 2.45) is 0 Å². The van der Waals surface area contributed by atoms with E-state index in [4.69, 9.17) is 9.47 Å². The molecule has 0 aliphatic heterocycles. The molecule has 1 atom stereocenters. The van der Waals surface area contributed by atoms with Gasteiger partial charge in [-0.3, -0.25) is 14.4 Å². The molecule has 5 heteroatoms. The summed E-state index contributed by atoms with van der Waals surface area (Å²) in [7, 11) is 0. The summed E-state index contributed by atoms with van der Waals surface area (Å²) in [6, 6.07) is 0. The van der Waals surface area contributed by atoms with Crippen molar-refractivity contribution < 1.29 is 23.9 Å². The molecule has 0 aliphatic rings. The van der Waals surface area contributed by atoms with E-state index >= 15 is 0 Å². The lowest BCUT2D eigenvalue weighted by Crippen LogP contribution is -2.26. The molecule has 20 heavy (non-hydrogen) atoms. The zero-order valence-corrected chi connectivity index (χ0v) is 12.6. The van der Waals surface area contributed by atoms with E-state index in [-0.39, 0.29) is 12.6 Å². The van der Waals surface area contributed by atoms with Crippen molar-refractivity contribution in [1.82, 2.24) is 0 Å². The molecule has 0 aliphatic carbocycles. The number of carbonyl (C=O) groups excluding carboxylic acids is 3. The van der Waals surface area contributed by atoms with Crippen molar-refractivity contribution in [1.29, 1.82) is 0 Å². The molecule has 5 nitrogen and oxygen atoms in total. The molecule has 0 rings (SSSR count). The smallest absolute Gasteiger partial charge is 0.306 e. The third-order valence-corrected chi connectivity index (χ3v) is 2.81. The molecule has 0 spiro atoms. The molecular weight excluding hydrogens is 260 g/mol. The number of unbranched alkanes of at least 4 members (excludes halogenated alkanes) is 4. The summed E-state index contributed by atoms with van der Waals surface area (Å²) in [6.07, 6.45) is 5.63. The van der Waals surface area contributed by atoms with Gasteiger partial charge in [-0.15, -0.1) is 0 Å². The van der Waals surface area contributed by atoms with Crippen molar-refractivity contribution in [3.8, 4) is 0 Å². The van der Waals surface area contributed by atoms with Gasteiger partial charge in [0.2, 0.25) is 0 Å². The van der Waals surface area contributed by atoms with Gasteiger partial charge in [0.1, 0.15) is 6.61 Å². The SMILES string of the molecule is CCCCCC(=O)OC[C@H](C=O)OC(=O)CCCCC. The highest BCUT2D eigenvalue weighted by Gasteiger charge is 2.15. The number of esters is 2. The Hall–Kier alpha value is -1.39. The van der Waals surface area contributed by atoms with E-state index < -0.39 is 12.1 Å². The van der Waals surface area contributed by atoms with E-state index in [1.807, 2.05) is 13.8 Å². The molecule has 0 saturated carbocycles. The maximum Gasteiger partial charge on any atom is 0.306 e. The van der Waals surface area contributed by atoms with Gasteiger partial charge in [-0.05, 0) is 12.8 Å². The van der Waals surface area contributed by atoms with Crippen LogP contribution in [0.2, 0.25) is 0 Å². The van der Waals surface area contributed by atoms with E-state index in [1.54, 1.807) is 0 Å². The van der Waals surface area contributed by atoms with Gasteiger partial charge in [0.25, 0.3) is 0 Å². The second-order valence-electron chi connectivity index (χ2n) is 4.76. The quantitative estimate of drug-likeness (QED) is 0.313. The van der Waals surface area contributed by atoms with Crippen LogP contribution in [0.15, 0.2) is 0 Å². The minimum atomic E-state index is -0.987. The highest BCUT2D eigenvalue weighted by molar-refractivity contribution is 5.73. The second-order valence-corrected chi connectivity index (χ2v) is 4.76. The average molecular weight is 286 g/mol. The summed E-state index contributed by atoms with van der Waals surface area (Å²) in [5.74, 6) is -0.773. The molecule has 0 bridgehead atoms. The van der Waals surface area contributed by atoms with Gasteiger partial charge >= 0.3 is 11.9 Å². The van der Waals surface area contributed by atoms with Gasteiger partial charge in [-0.2, -0.15) is 0 Å². The molecule has 0 N–H and O–H groups in total. The Balaban J connectivity index is 3.82. The topological polar surface area (TPSA) is 69.7 Å². The van der Waals surface area contributed by atoms with E-state index in [2.05, 4.69) is 0 Å². The van der Waals surface area contributed by atoms with Gasteiger partial charge < -0.3 is 9.47 Å². The fraction of sp³-hybridized carbons (Fsp3) is 0.800. The Morgan fingerprint density at radius 1 is 0.950 bits per heavy atom. The van der Waals surface area contributed by atoms with Gasteiger partial charge in [-0.1, -0.05) is 39.5 Å². The zero-order chi connectivity index (χ0) is 15.2. The third-order valence-electron chi connectivity index (χ3n) is 2.81. The number of hydrogen-bond acceptors (Lipinski definition) is 5. The lowest BCUT2D eigenvalue weighted by molar-refractivity contribution is -0.160. The number of hydrogen-bond donors (Lipinski definition) is 0. The fourth-order valence-electron chi connectivity index (χ4n) is 1.61. The first-order chi connectivity index (χ1) is 9.63. The fourth-order valence-corrected chi connectivity index (χ4v) is 1.61. The number of ether oxygens (including phenoxy) is 2. The maximum absolute atomic E-state index is 11.4. The van der Waals surface area contributed by atoms with Crippen molar-refractivity contribution >= 4 is 18.2 Å². The summed E-state index contributed by atoms with van der Waals surface area (Å²) < 4.78 is 9.86. The van der Waals surface area contributed by atoms with E-state index in [0.29, 0.717) is 19.1 Å². The van der Waals surface area contributed by atoms with E-state index in [1.165, 1.54) is 0 Å². The maximum atomic E-state index is 11.4. The molecule has 0 fully saturated rings. The number of carbonyl (C=O) groups is 3. The van der Waals surface area contributed by atoms with Crippen LogP contribution in [-0.2, 0) is 23.9 Å². The van der Waals surface area contributed by atoms with Crippen LogP contribution in [0.25, 0.3) is 0 Å². The Labute approximate surface area is 121 Å². The van der Waals surface area contributed by atoms with Crippen LogP contribution in [0.3, 0.4) is 0 Å². The monoisotopic (exact) mass is 286 g/mol. The lowest BCUT2D eigenvalue weighted by Gasteiger charge is -2.12. The summed E-state index contributed by atoms with van der Waals surface area (Å²) in [5, 5.41) is 0. The number of rotatable bonds is 12. The normalized spacial score (nSPS) is 11.7. The molecule has 0 radical (unpaired) electrons. The Kier molecular flexibility index (Phi) is 11.8. The van der Waals surface area contributed by atoms with Gasteiger partial charge in [0.15, 0.2) is 12.4 Å². The highest BCUT2D eigenvalue weighted by Crippen LogP contribution is 2.04. The van der Waals surface area contributed by atoms with Crippen molar-refractivity contribution in [2.45, 2.75) is 71.3 Å². The van der Waals surface area contributed by atoms with Crippen molar-refractivity contribution in [3.63, 3.8) is 0 Å². The zero-order valence-electron chi connectivity index (χ0n) is 12.6. The van der Waals surface area contributed by atoms with Gasteiger partial charge in [0.05, 0.1) is 0 Å². The molecule has 0 unspecified atom stereocenters. The van der Waals surface area contributed by atoms with Crippen LogP contribution >= 0.6 is 0 Å². The molecule has 116 valence electrons. The summed E-state index contributed by atoms with van der Waals surface area (Å²) in [5.41, 5.74) is 0. The second kappa shape index (κ2) is 12.6. The van der Waals surface area contributed by atoms with Crippen LogP contribution in [0, 0.1) is 0 Å². The Morgan fingerprint density at radius 3 is 2.00 bits per heavy atom. The predicted molar refractivity (Wildman–Crippen MR) is 75.2 cm³/mol. The standard InChI is InChI=1S/C15H26O5/c1-3-5-7-9-14(17)19-12-13(11-16)20-15(18)10-8-6-4-2/h11,13H,3-10,12H2,1-2H3/t13-/m0/s1. The van der Waals surface area contributed by atoms with E-state index in [0.717, 1.165) is 38.5 Å². The minimum Gasteiger partial charge on any atom is -0.461 e. The van der Waals surface area contributed by atoms with Crippen LogP contribution in [0.5, 0.6) is 0 Å². The predicted octanol–water partition coefficient (Wildman–Crippen LogP) is 2.80. The first-order valence-electron chi connectivity index (χ1n) is 7.44. The van der Waals surface area contributed by atoms with Gasteiger partial charge in [0, 0.05) is 12.8 Å². The molecular formula is C15H26O5. The van der Waals surface area contributed by atoms with E-state index in [9.17, 15) is 14.4 Å². The van der Waals surface area contributed by atoms with Crippen LogP contribution in [0.4, 0.5) is 0 Å². The largest absolute Gasteiger partial charge is 0.461 e. The first-order valence-corrected chi connectivity index (χ1v) is 7.44. The molecule has 0 heterocycles. The molecule has 0 saturated heterocycles. The lowest BCUT2D eigenvalue weighted by atomic mass is 10.2. The number of aldehydes is 1. The van der Waals surface area contributed by atoms with Crippen molar-refractivity contribution in [3.05, 3.63) is 0 Å².